The minimum absolute atomic E-state index is 0.282. The first-order valence-electron chi connectivity index (χ1n) is 7.44. The molecule has 0 fully saturated rings. The number of ether oxygens (including phenoxy) is 2. The monoisotopic (exact) mass is 401 g/mol. The van der Waals surface area contributed by atoms with Crippen molar-refractivity contribution in [3.8, 4) is 17.2 Å². The van der Waals surface area contributed by atoms with Crippen molar-refractivity contribution in [2.24, 2.45) is 0 Å². The van der Waals surface area contributed by atoms with Crippen LogP contribution in [0, 0.1) is 0 Å². The highest BCUT2D eigenvalue weighted by Crippen LogP contribution is 2.29. The number of halogens is 1. The average Bonchev–Trinajstić information content (AvgIpc) is 3.12. The van der Waals surface area contributed by atoms with E-state index in [0.29, 0.717) is 22.7 Å². The van der Waals surface area contributed by atoms with Crippen molar-refractivity contribution in [2.45, 2.75) is 0 Å². The van der Waals surface area contributed by atoms with Crippen LogP contribution in [0.25, 0.3) is 5.69 Å². The standard InChI is InChI=1S/C18H16BrN3O3/c1-24-15-7-8-17(25-2)16(9-15)21-18(23)12-10-20-22(11-12)14-5-3-13(19)4-6-14/h3-11H,1-2H3,(H,21,23). The number of carbonyl (C=O) groups excluding carboxylic acids is 1. The molecule has 2 aromatic carbocycles. The van der Waals surface area contributed by atoms with Gasteiger partial charge in [-0.15, -0.1) is 0 Å². The quantitative estimate of drug-likeness (QED) is 0.703. The van der Waals surface area contributed by atoms with Crippen molar-refractivity contribution in [3.05, 3.63) is 64.9 Å². The number of carbonyl (C=O) groups is 1. The van der Waals surface area contributed by atoms with Gasteiger partial charge in [-0.3, -0.25) is 4.79 Å². The zero-order chi connectivity index (χ0) is 17.8. The van der Waals surface area contributed by atoms with Gasteiger partial charge in [-0.05, 0) is 36.4 Å². The number of nitrogens with one attached hydrogen (secondary N) is 1. The maximum absolute atomic E-state index is 12.5. The smallest absolute Gasteiger partial charge is 0.258 e. The van der Waals surface area contributed by atoms with E-state index < -0.39 is 0 Å². The molecule has 0 bridgehead atoms. The summed E-state index contributed by atoms with van der Waals surface area (Å²) >= 11 is 3.39. The maximum Gasteiger partial charge on any atom is 0.258 e. The van der Waals surface area contributed by atoms with Crippen molar-refractivity contribution in [1.29, 1.82) is 0 Å². The first-order valence-corrected chi connectivity index (χ1v) is 8.24. The van der Waals surface area contributed by atoms with Crippen molar-refractivity contribution >= 4 is 27.5 Å². The lowest BCUT2D eigenvalue weighted by molar-refractivity contribution is 0.102. The van der Waals surface area contributed by atoms with E-state index in [1.807, 2.05) is 24.3 Å². The van der Waals surface area contributed by atoms with Crippen LogP contribution < -0.4 is 14.8 Å². The lowest BCUT2D eigenvalue weighted by Crippen LogP contribution is -2.12. The molecule has 0 aliphatic rings. The van der Waals surface area contributed by atoms with E-state index in [2.05, 4.69) is 26.3 Å². The van der Waals surface area contributed by atoms with E-state index in [1.165, 1.54) is 6.20 Å². The summed E-state index contributed by atoms with van der Waals surface area (Å²) < 4.78 is 13.1. The molecule has 3 aromatic rings. The first-order chi connectivity index (χ1) is 12.1. The van der Waals surface area contributed by atoms with Gasteiger partial charge in [-0.2, -0.15) is 5.10 Å². The van der Waals surface area contributed by atoms with E-state index >= 15 is 0 Å². The van der Waals surface area contributed by atoms with E-state index in [0.717, 1.165) is 10.2 Å². The normalized spacial score (nSPS) is 10.4. The van der Waals surface area contributed by atoms with Crippen molar-refractivity contribution < 1.29 is 14.3 Å². The summed E-state index contributed by atoms with van der Waals surface area (Å²) in [5.74, 6) is 0.894. The van der Waals surface area contributed by atoms with Gasteiger partial charge in [0, 0.05) is 16.7 Å². The van der Waals surface area contributed by atoms with Gasteiger partial charge >= 0.3 is 0 Å². The molecule has 0 aliphatic heterocycles. The Bertz CT molecular complexity index is 891. The van der Waals surface area contributed by atoms with Crippen molar-refractivity contribution in [1.82, 2.24) is 9.78 Å². The van der Waals surface area contributed by atoms with Crippen LogP contribution in [-0.4, -0.2) is 29.9 Å². The molecule has 7 heteroatoms. The molecule has 0 aliphatic carbocycles. The van der Waals surface area contributed by atoms with Gasteiger partial charge in [0.05, 0.1) is 37.4 Å². The first kappa shape index (κ1) is 17.0. The number of rotatable bonds is 5. The lowest BCUT2D eigenvalue weighted by Gasteiger charge is -2.11. The highest BCUT2D eigenvalue weighted by atomic mass is 79.9. The van der Waals surface area contributed by atoms with Crippen LogP contribution in [0.1, 0.15) is 10.4 Å². The molecule has 6 nitrogen and oxygen atoms in total. The predicted molar refractivity (Wildman–Crippen MR) is 98.8 cm³/mol. The summed E-state index contributed by atoms with van der Waals surface area (Å²) in [6, 6.07) is 12.8. The number of benzene rings is 2. The number of anilines is 1. The second kappa shape index (κ2) is 7.40. The Morgan fingerprint density at radius 2 is 1.88 bits per heavy atom. The van der Waals surface area contributed by atoms with E-state index in [9.17, 15) is 4.79 Å². The number of hydrogen-bond donors (Lipinski definition) is 1. The van der Waals surface area contributed by atoms with Gasteiger partial charge in [0.2, 0.25) is 0 Å². The Balaban J connectivity index is 1.81. The molecule has 0 unspecified atom stereocenters. The molecule has 3 rings (SSSR count). The summed E-state index contributed by atoms with van der Waals surface area (Å²) in [6.07, 6.45) is 3.19. The third kappa shape index (κ3) is 3.83. The summed E-state index contributed by atoms with van der Waals surface area (Å²) in [7, 11) is 3.11. The Morgan fingerprint density at radius 3 is 2.56 bits per heavy atom. The molecule has 25 heavy (non-hydrogen) atoms. The molecule has 128 valence electrons. The molecule has 0 saturated carbocycles. The van der Waals surface area contributed by atoms with Gasteiger partial charge in [-0.1, -0.05) is 15.9 Å². The minimum Gasteiger partial charge on any atom is -0.497 e. The molecule has 1 N–H and O–H groups in total. The van der Waals surface area contributed by atoms with E-state index in [1.54, 1.807) is 43.3 Å². The van der Waals surface area contributed by atoms with Crippen LogP contribution in [0.4, 0.5) is 5.69 Å². The summed E-state index contributed by atoms with van der Waals surface area (Å²) in [4.78, 5) is 12.5. The molecule has 0 spiro atoms. The summed E-state index contributed by atoms with van der Waals surface area (Å²) in [5, 5.41) is 7.06. The molecule has 0 atom stereocenters. The fourth-order valence-corrected chi connectivity index (χ4v) is 2.55. The molecule has 0 radical (unpaired) electrons. The molecular weight excluding hydrogens is 386 g/mol. The van der Waals surface area contributed by atoms with Crippen LogP contribution in [0.15, 0.2) is 59.3 Å². The third-order valence-electron chi connectivity index (χ3n) is 3.59. The molecule has 1 aromatic heterocycles. The Labute approximate surface area is 153 Å². The fraction of sp³-hybridized carbons (Fsp3) is 0.111. The van der Waals surface area contributed by atoms with Crippen molar-refractivity contribution in [3.63, 3.8) is 0 Å². The topological polar surface area (TPSA) is 65.4 Å². The predicted octanol–water partition coefficient (Wildman–Crippen LogP) is 3.90. The third-order valence-corrected chi connectivity index (χ3v) is 4.12. The maximum atomic E-state index is 12.5. The molecular formula is C18H16BrN3O3. The lowest BCUT2D eigenvalue weighted by atomic mass is 10.2. The van der Waals surface area contributed by atoms with Gasteiger partial charge < -0.3 is 14.8 Å². The number of amides is 1. The minimum atomic E-state index is -0.282. The summed E-state index contributed by atoms with van der Waals surface area (Å²) in [5.41, 5.74) is 1.83. The fourth-order valence-electron chi connectivity index (χ4n) is 2.28. The second-order valence-corrected chi connectivity index (χ2v) is 6.09. The van der Waals surface area contributed by atoms with Gasteiger partial charge in [-0.25, -0.2) is 4.68 Å². The summed E-state index contributed by atoms with van der Waals surface area (Å²) in [6.45, 7) is 0. The average molecular weight is 402 g/mol. The van der Waals surface area contributed by atoms with E-state index in [4.69, 9.17) is 9.47 Å². The highest BCUT2D eigenvalue weighted by Gasteiger charge is 2.13. The van der Waals surface area contributed by atoms with Crippen LogP contribution in [0.3, 0.4) is 0 Å². The number of hydrogen-bond acceptors (Lipinski definition) is 4. The SMILES string of the molecule is COc1ccc(OC)c(NC(=O)c2cnn(-c3ccc(Br)cc3)c2)c1. The van der Waals surface area contributed by atoms with Crippen molar-refractivity contribution in [2.75, 3.05) is 19.5 Å². The Hall–Kier alpha value is -2.80. The Morgan fingerprint density at radius 1 is 1.12 bits per heavy atom. The number of aromatic nitrogens is 2. The van der Waals surface area contributed by atoms with Crippen LogP contribution in [0.2, 0.25) is 0 Å². The van der Waals surface area contributed by atoms with Crippen LogP contribution >= 0.6 is 15.9 Å². The van der Waals surface area contributed by atoms with E-state index in [-0.39, 0.29) is 5.91 Å². The van der Waals surface area contributed by atoms with Gasteiger partial charge in [0.15, 0.2) is 0 Å². The van der Waals surface area contributed by atoms with Crippen LogP contribution in [-0.2, 0) is 0 Å². The van der Waals surface area contributed by atoms with Crippen LogP contribution in [0.5, 0.6) is 11.5 Å². The largest absolute Gasteiger partial charge is 0.497 e. The highest BCUT2D eigenvalue weighted by molar-refractivity contribution is 9.10. The second-order valence-electron chi connectivity index (χ2n) is 5.17. The molecule has 0 saturated heterocycles. The zero-order valence-electron chi connectivity index (χ0n) is 13.7. The number of methoxy groups -OCH3 is 2. The molecule has 1 amide bonds. The van der Waals surface area contributed by atoms with Gasteiger partial charge in [0.25, 0.3) is 5.91 Å². The number of nitrogens with zero attached hydrogens (tertiary/aromatic N) is 2. The Kier molecular flexibility index (Phi) is 5.04. The molecule has 1 heterocycles. The zero-order valence-corrected chi connectivity index (χ0v) is 15.3. The van der Waals surface area contributed by atoms with Gasteiger partial charge in [0.1, 0.15) is 11.5 Å².